The third-order valence-corrected chi connectivity index (χ3v) is 2.71. The number of benzene rings is 1. The highest BCUT2D eigenvalue weighted by Gasteiger charge is 2.13. The summed E-state index contributed by atoms with van der Waals surface area (Å²) < 4.78 is 1.94. The summed E-state index contributed by atoms with van der Waals surface area (Å²) in [6.07, 6.45) is 2.37. The molecule has 1 aromatic carbocycles. The first-order valence-electron chi connectivity index (χ1n) is 5.62. The molecule has 3 N–H and O–H groups in total. The largest absolute Gasteiger partial charge is 0.508 e. The lowest BCUT2D eigenvalue weighted by Crippen LogP contribution is -2.18. The molecule has 1 aromatic heterocycles. The molecule has 0 bridgehead atoms. The molecule has 2 rings (SSSR count). The molecule has 17 heavy (non-hydrogen) atoms. The summed E-state index contributed by atoms with van der Waals surface area (Å²) in [6.45, 7) is 2.84. The van der Waals surface area contributed by atoms with Crippen molar-refractivity contribution in [1.29, 1.82) is 0 Å². The van der Waals surface area contributed by atoms with Crippen LogP contribution in [0.3, 0.4) is 0 Å². The predicted molar refractivity (Wildman–Crippen MR) is 64.4 cm³/mol. The monoisotopic (exact) mass is 232 g/mol. The standard InChI is InChI=1S/C12H16N4O/c1-2-16-8-14-15-12(16)11(13)7-9-3-5-10(17)6-4-9/h3-6,8,11,17H,2,7,13H2,1H3/t11-/m0/s1. The van der Waals surface area contributed by atoms with E-state index in [2.05, 4.69) is 10.2 Å². The Kier molecular flexibility index (Phi) is 3.39. The Morgan fingerprint density at radius 2 is 2.06 bits per heavy atom. The van der Waals surface area contributed by atoms with Gasteiger partial charge in [0.1, 0.15) is 17.9 Å². The normalized spacial score (nSPS) is 12.6. The summed E-state index contributed by atoms with van der Waals surface area (Å²) in [7, 11) is 0. The second-order valence-corrected chi connectivity index (χ2v) is 3.95. The van der Waals surface area contributed by atoms with E-state index in [4.69, 9.17) is 5.73 Å². The summed E-state index contributed by atoms with van der Waals surface area (Å²) in [5, 5.41) is 17.1. The van der Waals surface area contributed by atoms with Crippen molar-refractivity contribution in [3.05, 3.63) is 42.0 Å². The fourth-order valence-electron chi connectivity index (χ4n) is 1.77. The van der Waals surface area contributed by atoms with Gasteiger partial charge in [-0.15, -0.1) is 10.2 Å². The molecule has 1 heterocycles. The van der Waals surface area contributed by atoms with Gasteiger partial charge in [0.2, 0.25) is 0 Å². The zero-order valence-electron chi connectivity index (χ0n) is 9.74. The maximum Gasteiger partial charge on any atom is 0.150 e. The fourth-order valence-corrected chi connectivity index (χ4v) is 1.77. The third-order valence-electron chi connectivity index (χ3n) is 2.71. The van der Waals surface area contributed by atoms with E-state index < -0.39 is 0 Å². The Balaban J connectivity index is 2.11. The average molecular weight is 232 g/mol. The Morgan fingerprint density at radius 1 is 1.35 bits per heavy atom. The smallest absolute Gasteiger partial charge is 0.150 e. The minimum Gasteiger partial charge on any atom is -0.508 e. The van der Waals surface area contributed by atoms with Gasteiger partial charge in [0.05, 0.1) is 6.04 Å². The van der Waals surface area contributed by atoms with Crippen molar-refractivity contribution in [1.82, 2.24) is 14.8 Å². The van der Waals surface area contributed by atoms with E-state index in [-0.39, 0.29) is 11.8 Å². The molecule has 2 aromatic rings. The van der Waals surface area contributed by atoms with Crippen LogP contribution in [0.4, 0.5) is 0 Å². The van der Waals surface area contributed by atoms with E-state index in [9.17, 15) is 5.11 Å². The molecular formula is C12H16N4O. The third kappa shape index (κ3) is 2.62. The van der Waals surface area contributed by atoms with Crippen LogP contribution in [0.5, 0.6) is 5.75 Å². The molecule has 0 unspecified atom stereocenters. The van der Waals surface area contributed by atoms with E-state index in [0.717, 1.165) is 17.9 Å². The number of phenols is 1. The molecule has 0 aliphatic rings. The van der Waals surface area contributed by atoms with Gasteiger partial charge < -0.3 is 15.4 Å². The first kappa shape index (κ1) is 11.6. The minimum atomic E-state index is -0.179. The van der Waals surface area contributed by atoms with Crippen molar-refractivity contribution in [3.8, 4) is 5.75 Å². The van der Waals surface area contributed by atoms with E-state index >= 15 is 0 Å². The highest BCUT2D eigenvalue weighted by molar-refractivity contribution is 5.26. The highest BCUT2D eigenvalue weighted by atomic mass is 16.3. The first-order chi connectivity index (χ1) is 8.20. The van der Waals surface area contributed by atoms with Crippen LogP contribution < -0.4 is 5.73 Å². The van der Waals surface area contributed by atoms with Crippen LogP contribution in [0.1, 0.15) is 24.4 Å². The van der Waals surface area contributed by atoms with E-state index in [1.807, 2.05) is 23.6 Å². The molecule has 1 atom stereocenters. The van der Waals surface area contributed by atoms with Crippen LogP contribution in [0.15, 0.2) is 30.6 Å². The Labute approximate surface area is 99.9 Å². The second kappa shape index (κ2) is 4.97. The average Bonchev–Trinajstić information content (AvgIpc) is 2.80. The van der Waals surface area contributed by atoms with Gasteiger partial charge in [-0.3, -0.25) is 0 Å². The van der Waals surface area contributed by atoms with Crippen LogP contribution in [0, 0.1) is 0 Å². The molecule has 0 saturated carbocycles. The number of aromatic nitrogens is 3. The van der Waals surface area contributed by atoms with E-state index in [0.29, 0.717) is 6.42 Å². The summed E-state index contributed by atoms with van der Waals surface area (Å²) in [6, 6.07) is 6.87. The van der Waals surface area contributed by atoms with Crippen LogP contribution in [-0.2, 0) is 13.0 Å². The van der Waals surface area contributed by atoms with Gasteiger partial charge in [-0.2, -0.15) is 0 Å². The summed E-state index contributed by atoms with van der Waals surface area (Å²) >= 11 is 0. The fraction of sp³-hybridized carbons (Fsp3) is 0.333. The van der Waals surface area contributed by atoms with Crippen molar-refractivity contribution < 1.29 is 5.11 Å². The van der Waals surface area contributed by atoms with Gasteiger partial charge in [-0.25, -0.2) is 0 Å². The SMILES string of the molecule is CCn1cnnc1[C@@H](N)Cc1ccc(O)cc1. The Morgan fingerprint density at radius 3 is 2.71 bits per heavy atom. The molecule has 0 spiro atoms. The van der Waals surface area contributed by atoms with Gasteiger partial charge in [0, 0.05) is 6.54 Å². The summed E-state index contributed by atoms with van der Waals surface area (Å²) in [5.74, 6) is 1.06. The lowest BCUT2D eigenvalue weighted by atomic mass is 10.1. The number of hydrogen-bond acceptors (Lipinski definition) is 4. The molecule has 5 heteroatoms. The quantitative estimate of drug-likeness (QED) is 0.831. The zero-order valence-corrected chi connectivity index (χ0v) is 9.74. The molecule has 0 radical (unpaired) electrons. The second-order valence-electron chi connectivity index (χ2n) is 3.95. The molecular weight excluding hydrogens is 216 g/mol. The predicted octanol–water partition coefficient (Wildman–Crippen LogP) is 1.25. The van der Waals surface area contributed by atoms with Gasteiger partial charge in [0.25, 0.3) is 0 Å². The molecule has 90 valence electrons. The lowest BCUT2D eigenvalue weighted by Gasteiger charge is -2.11. The molecule has 0 amide bonds. The van der Waals surface area contributed by atoms with Crippen LogP contribution in [0.25, 0.3) is 0 Å². The highest BCUT2D eigenvalue weighted by Crippen LogP contribution is 2.16. The number of aryl methyl sites for hydroxylation is 1. The number of nitrogens with two attached hydrogens (primary N) is 1. The molecule has 0 fully saturated rings. The number of nitrogens with zero attached hydrogens (tertiary/aromatic N) is 3. The minimum absolute atomic E-state index is 0.179. The summed E-state index contributed by atoms with van der Waals surface area (Å²) in [5.41, 5.74) is 7.17. The maximum absolute atomic E-state index is 9.20. The van der Waals surface area contributed by atoms with Gasteiger partial charge in [-0.1, -0.05) is 12.1 Å². The molecule has 0 aliphatic heterocycles. The number of phenolic OH excluding ortho intramolecular Hbond substituents is 1. The number of rotatable bonds is 4. The van der Waals surface area contributed by atoms with Crippen molar-refractivity contribution in [2.75, 3.05) is 0 Å². The van der Waals surface area contributed by atoms with Gasteiger partial charge >= 0.3 is 0 Å². The number of hydrogen-bond donors (Lipinski definition) is 2. The van der Waals surface area contributed by atoms with Crippen LogP contribution in [0.2, 0.25) is 0 Å². The van der Waals surface area contributed by atoms with E-state index in [1.54, 1.807) is 18.5 Å². The van der Waals surface area contributed by atoms with Crippen molar-refractivity contribution in [3.63, 3.8) is 0 Å². The lowest BCUT2D eigenvalue weighted by molar-refractivity contribution is 0.475. The van der Waals surface area contributed by atoms with Crippen molar-refractivity contribution >= 4 is 0 Å². The Bertz CT molecular complexity index is 478. The maximum atomic E-state index is 9.20. The van der Waals surface area contributed by atoms with E-state index in [1.165, 1.54) is 0 Å². The molecule has 0 saturated heterocycles. The number of aromatic hydroxyl groups is 1. The van der Waals surface area contributed by atoms with Crippen molar-refractivity contribution in [2.24, 2.45) is 5.73 Å². The first-order valence-corrected chi connectivity index (χ1v) is 5.62. The van der Waals surface area contributed by atoms with Crippen molar-refractivity contribution in [2.45, 2.75) is 25.9 Å². The molecule has 5 nitrogen and oxygen atoms in total. The Hall–Kier alpha value is -1.88. The molecule has 0 aliphatic carbocycles. The van der Waals surface area contributed by atoms with Gasteiger partial charge in [-0.05, 0) is 31.0 Å². The summed E-state index contributed by atoms with van der Waals surface area (Å²) in [4.78, 5) is 0. The topological polar surface area (TPSA) is 77.0 Å². The van der Waals surface area contributed by atoms with Gasteiger partial charge in [0.15, 0.2) is 0 Å². The van der Waals surface area contributed by atoms with Crippen LogP contribution >= 0.6 is 0 Å². The van der Waals surface area contributed by atoms with Crippen LogP contribution in [-0.4, -0.2) is 19.9 Å². The zero-order chi connectivity index (χ0) is 12.3.